The zero-order chi connectivity index (χ0) is 20.5. The predicted octanol–water partition coefficient (Wildman–Crippen LogP) is 3.83. The molecule has 0 fully saturated rings. The zero-order valence-electron chi connectivity index (χ0n) is 15.8. The molecule has 2 aromatic carbocycles. The number of benzene rings is 2. The maximum Gasteiger partial charge on any atom is 0.420 e. The molecule has 5 rings (SSSR count). The Morgan fingerprint density at radius 3 is 2.67 bits per heavy atom. The number of fused-ring (bicyclic) bond motifs is 2. The number of thiazole rings is 1. The van der Waals surface area contributed by atoms with Crippen molar-refractivity contribution in [2.24, 2.45) is 0 Å². The second kappa shape index (κ2) is 7.57. The Morgan fingerprint density at radius 2 is 1.83 bits per heavy atom. The monoisotopic (exact) mass is 416 g/mol. The predicted molar refractivity (Wildman–Crippen MR) is 116 cm³/mol. The van der Waals surface area contributed by atoms with Gasteiger partial charge in [-0.1, -0.05) is 41.7 Å². The van der Waals surface area contributed by atoms with E-state index in [9.17, 15) is 9.59 Å². The number of oxazole rings is 1. The highest BCUT2D eigenvalue weighted by atomic mass is 32.1. The van der Waals surface area contributed by atoms with E-state index in [0.29, 0.717) is 16.2 Å². The van der Waals surface area contributed by atoms with Gasteiger partial charge in [0.25, 0.3) is 0 Å². The molecule has 3 aromatic heterocycles. The van der Waals surface area contributed by atoms with Crippen LogP contribution in [0.1, 0.15) is 5.69 Å². The third-order valence-electron chi connectivity index (χ3n) is 4.73. The van der Waals surface area contributed by atoms with Crippen LogP contribution in [0.4, 0.5) is 5.13 Å². The van der Waals surface area contributed by atoms with Crippen molar-refractivity contribution in [3.63, 3.8) is 0 Å². The van der Waals surface area contributed by atoms with Crippen LogP contribution >= 0.6 is 11.3 Å². The molecular formula is C22H16N4O3S. The maximum absolute atomic E-state index is 13.4. The number of hydrogen-bond donors (Lipinski definition) is 0. The van der Waals surface area contributed by atoms with E-state index in [1.807, 2.05) is 42.5 Å². The number of anilines is 1. The first kappa shape index (κ1) is 18.3. The van der Waals surface area contributed by atoms with Gasteiger partial charge < -0.3 is 4.42 Å². The number of amides is 1. The maximum atomic E-state index is 13.4. The normalized spacial score (nSPS) is 11.2. The lowest BCUT2D eigenvalue weighted by Gasteiger charge is -2.19. The highest BCUT2D eigenvalue weighted by molar-refractivity contribution is 7.22. The van der Waals surface area contributed by atoms with Gasteiger partial charge in [-0.05, 0) is 36.4 Å². The summed E-state index contributed by atoms with van der Waals surface area (Å²) < 4.78 is 7.59. The average molecular weight is 416 g/mol. The number of carbonyl (C=O) groups is 1. The topological polar surface area (TPSA) is 81.2 Å². The number of para-hydroxylation sites is 3. The van der Waals surface area contributed by atoms with Gasteiger partial charge in [-0.25, -0.2) is 9.78 Å². The fourth-order valence-electron chi connectivity index (χ4n) is 3.28. The van der Waals surface area contributed by atoms with E-state index >= 15 is 0 Å². The van der Waals surface area contributed by atoms with Crippen molar-refractivity contribution in [3.8, 4) is 0 Å². The molecule has 3 heterocycles. The van der Waals surface area contributed by atoms with Gasteiger partial charge in [0, 0.05) is 6.20 Å². The first-order valence-electron chi connectivity index (χ1n) is 9.33. The molecule has 0 aliphatic heterocycles. The van der Waals surface area contributed by atoms with Gasteiger partial charge in [0.2, 0.25) is 5.91 Å². The van der Waals surface area contributed by atoms with Gasteiger partial charge in [-0.15, -0.1) is 0 Å². The third-order valence-corrected chi connectivity index (χ3v) is 5.79. The summed E-state index contributed by atoms with van der Waals surface area (Å²) in [6.45, 7) is 0.0998. The molecule has 1 amide bonds. The van der Waals surface area contributed by atoms with Crippen LogP contribution in [0.15, 0.2) is 82.1 Å². The third kappa shape index (κ3) is 3.37. The Labute approximate surface area is 174 Å². The Hall–Kier alpha value is -3.78. The molecule has 0 aliphatic rings. The standard InChI is InChI=1S/C22H16N4O3S/c27-20(14-25-17-9-2-3-10-18(17)29-22(25)28)26(13-15-7-5-6-12-23-15)21-24-16-8-1-4-11-19(16)30-21/h1-12H,13-14H2. The lowest BCUT2D eigenvalue weighted by atomic mass is 10.3. The van der Waals surface area contributed by atoms with Crippen molar-refractivity contribution < 1.29 is 9.21 Å². The van der Waals surface area contributed by atoms with E-state index in [-0.39, 0.29) is 19.0 Å². The lowest BCUT2D eigenvalue weighted by molar-refractivity contribution is -0.119. The number of nitrogens with zero attached hydrogens (tertiary/aromatic N) is 4. The number of aromatic nitrogens is 3. The van der Waals surface area contributed by atoms with Gasteiger partial charge in [0.15, 0.2) is 10.7 Å². The molecule has 30 heavy (non-hydrogen) atoms. The van der Waals surface area contributed by atoms with Crippen molar-refractivity contribution in [3.05, 3.63) is 89.2 Å². The van der Waals surface area contributed by atoms with Gasteiger partial charge in [0.1, 0.15) is 6.54 Å². The van der Waals surface area contributed by atoms with Crippen LogP contribution in [0, 0.1) is 0 Å². The molecule has 0 unspecified atom stereocenters. The fourth-order valence-corrected chi connectivity index (χ4v) is 4.26. The van der Waals surface area contributed by atoms with Crippen molar-refractivity contribution in [1.82, 2.24) is 14.5 Å². The van der Waals surface area contributed by atoms with Crippen LogP contribution in [0.25, 0.3) is 21.3 Å². The average Bonchev–Trinajstić information content (AvgIpc) is 3.33. The van der Waals surface area contributed by atoms with Crippen LogP contribution in [-0.4, -0.2) is 20.4 Å². The highest BCUT2D eigenvalue weighted by Crippen LogP contribution is 2.29. The van der Waals surface area contributed by atoms with Gasteiger partial charge >= 0.3 is 5.76 Å². The smallest absolute Gasteiger partial charge is 0.408 e. The van der Waals surface area contributed by atoms with Crippen molar-refractivity contribution >= 4 is 43.7 Å². The molecule has 0 saturated carbocycles. The van der Waals surface area contributed by atoms with E-state index < -0.39 is 5.76 Å². The molecule has 0 bridgehead atoms. The molecule has 0 spiro atoms. The molecule has 7 nitrogen and oxygen atoms in total. The lowest BCUT2D eigenvalue weighted by Crippen LogP contribution is -2.35. The summed E-state index contributed by atoms with van der Waals surface area (Å²) in [5.74, 6) is -0.833. The van der Waals surface area contributed by atoms with Crippen LogP contribution in [0.2, 0.25) is 0 Å². The first-order valence-corrected chi connectivity index (χ1v) is 10.1. The summed E-state index contributed by atoms with van der Waals surface area (Å²) in [7, 11) is 0. The van der Waals surface area contributed by atoms with E-state index in [4.69, 9.17) is 4.42 Å². The molecule has 0 atom stereocenters. The van der Waals surface area contributed by atoms with E-state index in [2.05, 4.69) is 9.97 Å². The van der Waals surface area contributed by atoms with E-state index in [1.54, 1.807) is 35.4 Å². The van der Waals surface area contributed by atoms with Crippen molar-refractivity contribution in [1.29, 1.82) is 0 Å². The summed E-state index contributed by atoms with van der Waals surface area (Å²) in [4.78, 5) is 36.2. The second-order valence-corrected chi connectivity index (χ2v) is 7.70. The molecule has 0 radical (unpaired) electrons. The minimum atomic E-state index is -0.563. The Bertz CT molecular complexity index is 1370. The second-order valence-electron chi connectivity index (χ2n) is 6.69. The number of carbonyl (C=O) groups excluding carboxylic acids is 1. The molecule has 8 heteroatoms. The highest BCUT2D eigenvalue weighted by Gasteiger charge is 2.23. The summed E-state index contributed by atoms with van der Waals surface area (Å²) in [6.07, 6.45) is 1.68. The number of rotatable bonds is 5. The van der Waals surface area contributed by atoms with Gasteiger partial charge in [0.05, 0.1) is 28.0 Å². The Morgan fingerprint density at radius 1 is 1.03 bits per heavy atom. The minimum Gasteiger partial charge on any atom is -0.408 e. The van der Waals surface area contributed by atoms with Crippen molar-refractivity contribution in [2.45, 2.75) is 13.1 Å². The fraction of sp³-hybridized carbons (Fsp3) is 0.0909. The minimum absolute atomic E-state index is 0.154. The molecule has 148 valence electrons. The van der Waals surface area contributed by atoms with E-state index in [1.165, 1.54) is 15.9 Å². The molecule has 5 aromatic rings. The van der Waals surface area contributed by atoms with E-state index in [0.717, 1.165) is 15.9 Å². The molecule has 0 N–H and O–H groups in total. The summed E-state index contributed by atoms with van der Waals surface area (Å²) in [5, 5.41) is 0.563. The van der Waals surface area contributed by atoms with Gasteiger partial charge in [-0.2, -0.15) is 0 Å². The summed E-state index contributed by atoms with van der Waals surface area (Å²) in [6, 6.07) is 20.3. The number of hydrogen-bond acceptors (Lipinski definition) is 6. The van der Waals surface area contributed by atoms with Crippen molar-refractivity contribution in [2.75, 3.05) is 4.90 Å². The SMILES string of the molecule is O=C(Cn1c(=O)oc2ccccc21)N(Cc1ccccn1)c1nc2ccccc2s1. The summed E-state index contributed by atoms with van der Waals surface area (Å²) >= 11 is 1.43. The van der Waals surface area contributed by atoms with Crippen LogP contribution in [0.5, 0.6) is 0 Å². The van der Waals surface area contributed by atoms with Crippen LogP contribution < -0.4 is 10.7 Å². The van der Waals surface area contributed by atoms with Crippen LogP contribution in [0.3, 0.4) is 0 Å². The Kier molecular flexibility index (Phi) is 4.61. The first-order chi connectivity index (χ1) is 14.7. The molecule has 0 aliphatic carbocycles. The Balaban J connectivity index is 1.54. The largest absolute Gasteiger partial charge is 0.420 e. The zero-order valence-corrected chi connectivity index (χ0v) is 16.6. The van der Waals surface area contributed by atoms with Crippen LogP contribution in [-0.2, 0) is 17.9 Å². The number of pyridine rings is 1. The van der Waals surface area contributed by atoms with Gasteiger partial charge in [-0.3, -0.25) is 19.2 Å². The summed E-state index contributed by atoms with van der Waals surface area (Å²) in [5.41, 5.74) is 2.58. The quantitative estimate of drug-likeness (QED) is 0.435. The molecule has 0 saturated heterocycles. The molecular weight excluding hydrogens is 400 g/mol.